The maximum absolute atomic E-state index is 13.1. The van der Waals surface area contributed by atoms with Crippen LogP contribution in [0.5, 0.6) is 0 Å². The number of ether oxygens (including phenoxy) is 1. The van der Waals surface area contributed by atoms with Gasteiger partial charge in [0, 0.05) is 30.6 Å². The molecule has 0 aliphatic rings. The molecule has 2 heterocycles. The van der Waals surface area contributed by atoms with Crippen molar-refractivity contribution in [3.05, 3.63) is 54.6 Å². The molecule has 2 aromatic heterocycles. The van der Waals surface area contributed by atoms with E-state index < -0.39 is 0 Å². The van der Waals surface area contributed by atoms with Gasteiger partial charge in [-0.1, -0.05) is 5.21 Å². The number of nitrogens with zero attached hydrogens (tertiary/aromatic N) is 4. The zero-order valence-corrected chi connectivity index (χ0v) is 12.1. The lowest BCUT2D eigenvalue weighted by molar-refractivity contribution is 0.183. The summed E-state index contributed by atoms with van der Waals surface area (Å²) in [7, 11) is 1.64. The van der Waals surface area contributed by atoms with Crippen LogP contribution in [0.4, 0.5) is 4.39 Å². The molecule has 3 rings (SSSR count). The minimum absolute atomic E-state index is 0.277. The Bertz CT molecular complexity index is 741. The Kier molecular flexibility index (Phi) is 4.20. The van der Waals surface area contributed by atoms with E-state index in [1.165, 1.54) is 12.1 Å². The lowest BCUT2D eigenvalue weighted by Gasteiger charge is -2.08. The van der Waals surface area contributed by atoms with Gasteiger partial charge in [-0.2, -0.15) is 0 Å². The molecule has 0 N–H and O–H groups in total. The highest BCUT2D eigenvalue weighted by Gasteiger charge is 2.16. The first-order valence-electron chi connectivity index (χ1n) is 6.88. The van der Waals surface area contributed by atoms with Crippen LogP contribution in [-0.4, -0.2) is 33.7 Å². The van der Waals surface area contributed by atoms with Crippen molar-refractivity contribution in [1.82, 2.24) is 20.0 Å². The molecular weight excluding hydrogens is 283 g/mol. The van der Waals surface area contributed by atoms with Crippen LogP contribution in [0.2, 0.25) is 0 Å². The van der Waals surface area contributed by atoms with Crippen LogP contribution < -0.4 is 0 Å². The van der Waals surface area contributed by atoms with Gasteiger partial charge in [0.15, 0.2) is 0 Å². The van der Waals surface area contributed by atoms with Crippen LogP contribution in [0.1, 0.15) is 0 Å². The molecule has 1 aromatic carbocycles. The van der Waals surface area contributed by atoms with E-state index in [0.29, 0.717) is 18.8 Å². The fraction of sp³-hybridized carbons (Fsp3) is 0.188. The number of benzene rings is 1. The number of methoxy groups -OCH3 is 1. The molecule has 0 bridgehead atoms. The van der Waals surface area contributed by atoms with Gasteiger partial charge in [0.05, 0.1) is 18.8 Å². The van der Waals surface area contributed by atoms with Crippen molar-refractivity contribution >= 4 is 0 Å². The molecule has 112 valence electrons. The van der Waals surface area contributed by atoms with E-state index in [4.69, 9.17) is 4.74 Å². The van der Waals surface area contributed by atoms with Gasteiger partial charge in [0.2, 0.25) is 0 Å². The Morgan fingerprint density at radius 1 is 1.05 bits per heavy atom. The minimum Gasteiger partial charge on any atom is -0.383 e. The fourth-order valence-electron chi connectivity index (χ4n) is 2.25. The third-order valence-electron chi connectivity index (χ3n) is 3.31. The second-order valence-electron chi connectivity index (χ2n) is 4.75. The monoisotopic (exact) mass is 298 g/mol. The summed E-state index contributed by atoms with van der Waals surface area (Å²) in [5.74, 6) is -0.277. The Labute approximate surface area is 127 Å². The molecule has 5 nitrogen and oxygen atoms in total. The van der Waals surface area contributed by atoms with E-state index >= 15 is 0 Å². The highest BCUT2D eigenvalue weighted by Crippen LogP contribution is 2.29. The van der Waals surface area contributed by atoms with Crippen molar-refractivity contribution in [1.29, 1.82) is 0 Å². The Hall–Kier alpha value is -2.60. The smallest absolute Gasteiger partial charge is 0.123 e. The Balaban J connectivity index is 2.10. The van der Waals surface area contributed by atoms with Gasteiger partial charge in [-0.05, 0) is 36.4 Å². The minimum atomic E-state index is -0.277. The molecule has 22 heavy (non-hydrogen) atoms. The SMILES string of the molecule is COCCn1nnc(-c2ccc(F)cc2)c1-c1ccncc1. The standard InChI is InChI=1S/C16H15FN4O/c1-22-11-10-21-16(13-6-8-18-9-7-13)15(19-20-21)12-2-4-14(17)5-3-12/h2-9H,10-11H2,1H3. The number of aromatic nitrogens is 4. The zero-order chi connectivity index (χ0) is 15.4. The number of halogens is 1. The van der Waals surface area contributed by atoms with Crippen LogP contribution in [0, 0.1) is 5.82 Å². The van der Waals surface area contributed by atoms with Gasteiger partial charge in [-0.25, -0.2) is 9.07 Å². The zero-order valence-electron chi connectivity index (χ0n) is 12.1. The summed E-state index contributed by atoms with van der Waals surface area (Å²) in [5.41, 5.74) is 3.35. The molecule has 0 fully saturated rings. The number of hydrogen-bond acceptors (Lipinski definition) is 4. The van der Waals surface area contributed by atoms with Crippen molar-refractivity contribution in [2.75, 3.05) is 13.7 Å². The van der Waals surface area contributed by atoms with Crippen molar-refractivity contribution in [3.63, 3.8) is 0 Å². The second kappa shape index (κ2) is 6.44. The predicted octanol–water partition coefficient (Wildman–Crippen LogP) is 2.79. The lowest BCUT2D eigenvalue weighted by Crippen LogP contribution is -2.07. The normalized spacial score (nSPS) is 10.8. The van der Waals surface area contributed by atoms with E-state index in [-0.39, 0.29) is 5.82 Å². The largest absolute Gasteiger partial charge is 0.383 e. The molecule has 0 atom stereocenters. The predicted molar refractivity (Wildman–Crippen MR) is 80.5 cm³/mol. The topological polar surface area (TPSA) is 52.8 Å². The Morgan fingerprint density at radius 2 is 1.77 bits per heavy atom. The molecular formula is C16H15FN4O. The van der Waals surface area contributed by atoms with Gasteiger partial charge in [-0.3, -0.25) is 4.98 Å². The third-order valence-corrected chi connectivity index (χ3v) is 3.31. The molecule has 0 unspecified atom stereocenters. The van der Waals surface area contributed by atoms with Gasteiger partial charge in [0.25, 0.3) is 0 Å². The molecule has 0 saturated carbocycles. The summed E-state index contributed by atoms with van der Waals surface area (Å²) in [6, 6.07) is 10.0. The lowest BCUT2D eigenvalue weighted by atomic mass is 10.1. The van der Waals surface area contributed by atoms with E-state index in [1.807, 2.05) is 12.1 Å². The highest BCUT2D eigenvalue weighted by molar-refractivity contribution is 5.77. The first-order valence-corrected chi connectivity index (χ1v) is 6.88. The number of pyridine rings is 1. The molecule has 0 saturated heterocycles. The van der Waals surface area contributed by atoms with Gasteiger partial charge >= 0.3 is 0 Å². The molecule has 0 aliphatic carbocycles. The van der Waals surface area contributed by atoms with Crippen molar-refractivity contribution < 1.29 is 9.13 Å². The summed E-state index contributed by atoms with van der Waals surface area (Å²) < 4.78 is 20.0. The first kappa shape index (κ1) is 14.3. The van der Waals surface area contributed by atoms with E-state index in [9.17, 15) is 4.39 Å². The molecule has 6 heteroatoms. The summed E-state index contributed by atoms with van der Waals surface area (Å²) >= 11 is 0. The fourth-order valence-corrected chi connectivity index (χ4v) is 2.25. The van der Waals surface area contributed by atoms with E-state index in [0.717, 1.165) is 16.8 Å². The van der Waals surface area contributed by atoms with Gasteiger partial charge in [0.1, 0.15) is 11.5 Å². The van der Waals surface area contributed by atoms with Crippen molar-refractivity contribution in [2.24, 2.45) is 0 Å². The average molecular weight is 298 g/mol. The van der Waals surface area contributed by atoms with Crippen LogP contribution in [-0.2, 0) is 11.3 Å². The van der Waals surface area contributed by atoms with Crippen molar-refractivity contribution in [3.8, 4) is 22.5 Å². The quantitative estimate of drug-likeness (QED) is 0.727. The molecule has 0 spiro atoms. The van der Waals surface area contributed by atoms with Crippen molar-refractivity contribution in [2.45, 2.75) is 6.54 Å². The van der Waals surface area contributed by atoms with Gasteiger partial charge in [-0.15, -0.1) is 5.10 Å². The molecule has 3 aromatic rings. The third kappa shape index (κ3) is 2.87. The van der Waals surface area contributed by atoms with E-state index in [1.54, 1.807) is 36.3 Å². The highest BCUT2D eigenvalue weighted by atomic mass is 19.1. The molecule has 0 radical (unpaired) electrons. The summed E-state index contributed by atoms with van der Waals surface area (Å²) in [4.78, 5) is 4.04. The molecule has 0 aliphatic heterocycles. The van der Waals surface area contributed by atoms with E-state index in [2.05, 4.69) is 15.3 Å². The van der Waals surface area contributed by atoms with Crippen LogP contribution >= 0.6 is 0 Å². The number of hydrogen-bond donors (Lipinski definition) is 0. The van der Waals surface area contributed by atoms with Gasteiger partial charge < -0.3 is 4.74 Å². The summed E-state index contributed by atoms with van der Waals surface area (Å²) in [6.45, 7) is 1.12. The van der Waals surface area contributed by atoms with Crippen LogP contribution in [0.25, 0.3) is 22.5 Å². The van der Waals surface area contributed by atoms with Crippen LogP contribution in [0.3, 0.4) is 0 Å². The maximum atomic E-state index is 13.1. The van der Waals surface area contributed by atoms with Crippen LogP contribution in [0.15, 0.2) is 48.8 Å². The number of rotatable bonds is 5. The Morgan fingerprint density at radius 3 is 2.45 bits per heavy atom. The summed E-state index contributed by atoms with van der Waals surface area (Å²) in [5, 5.41) is 8.46. The first-order chi connectivity index (χ1) is 10.8. The maximum Gasteiger partial charge on any atom is 0.123 e. The second-order valence-corrected chi connectivity index (χ2v) is 4.75. The summed E-state index contributed by atoms with van der Waals surface area (Å²) in [6.07, 6.45) is 3.44. The molecule has 0 amide bonds. The average Bonchev–Trinajstić information content (AvgIpc) is 2.98.